The molecule has 0 radical (unpaired) electrons. The molecule has 0 aromatic heterocycles. The van der Waals surface area contributed by atoms with Gasteiger partial charge in [0.2, 0.25) is 0 Å². The van der Waals surface area contributed by atoms with E-state index < -0.39 is 0 Å². The third-order valence-electron chi connectivity index (χ3n) is 1.23. The van der Waals surface area contributed by atoms with Crippen molar-refractivity contribution >= 4 is 11.8 Å². The van der Waals surface area contributed by atoms with E-state index in [1.165, 1.54) is 12.2 Å². The van der Waals surface area contributed by atoms with E-state index in [1.54, 1.807) is 0 Å². The molecule has 1 nitrogen and oxygen atoms in total. The van der Waals surface area contributed by atoms with E-state index in [-0.39, 0.29) is 0 Å². The van der Waals surface area contributed by atoms with Gasteiger partial charge in [-0.15, -0.1) is 0 Å². The average molecular weight is 162 g/mol. The highest BCUT2D eigenvalue weighted by Crippen LogP contribution is 2.20. The molecule has 62 valence electrons. The van der Waals surface area contributed by atoms with E-state index in [9.17, 15) is 0 Å². The van der Waals surface area contributed by atoms with E-state index in [2.05, 4.69) is 20.8 Å². The van der Waals surface area contributed by atoms with Gasteiger partial charge >= 0.3 is 0 Å². The van der Waals surface area contributed by atoms with Crippen molar-refractivity contribution in [3.8, 4) is 0 Å². The van der Waals surface area contributed by atoms with E-state index >= 15 is 0 Å². The first-order chi connectivity index (χ1) is 4.56. The number of aliphatic hydroxyl groups is 1. The third kappa shape index (κ3) is 8.31. The molecule has 0 unspecified atom stereocenters. The lowest BCUT2D eigenvalue weighted by Gasteiger charge is -2.16. The van der Waals surface area contributed by atoms with Gasteiger partial charge in [0, 0.05) is 5.75 Å². The van der Waals surface area contributed by atoms with Gasteiger partial charge < -0.3 is 5.11 Å². The smallest absolute Gasteiger partial charge is 0.0521 e. The van der Waals surface area contributed by atoms with Crippen LogP contribution in [0.5, 0.6) is 0 Å². The fourth-order valence-corrected chi connectivity index (χ4v) is 1.63. The van der Waals surface area contributed by atoms with Crippen molar-refractivity contribution in [3.63, 3.8) is 0 Å². The van der Waals surface area contributed by atoms with Gasteiger partial charge in [0.1, 0.15) is 0 Å². The summed E-state index contributed by atoms with van der Waals surface area (Å²) in [6, 6.07) is 0. The molecule has 2 heteroatoms. The Morgan fingerprint density at radius 1 is 1.20 bits per heavy atom. The number of thioether (sulfide) groups is 1. The largest absolute Gasteiger partial charge is 0.396 e. The standard InChI is InChI=1S/C8H18OS/c1-8(2,3)4-6-10-7-5-9/h9H,4-7H2,1-3H3. The van der Waals surface area contributed by atoms with Crippen LogP contribution >= 0.6 is 11.8 Å². The third-order valence-corrected chi connectivity index (χ3v) is 2.20. The fourth-order valence-electron chi connectivity index (χ4n) is 0.545. The molecule has 0 aliphatic heterocycles. The van der Waals surface area contributed by atoms with Crippen molar-refractivity contribution in [1.82, 2.24) is 0 Å². The van der Waals surface area contributed by atoms with E-state index in [4.69, 9.17) is 5.11 Å². The summed E-state index contributed by atoms with van der Waals surface area (Å²) in [5.74, 6) is 2.06. The summed E-state index contributed by atoms with van der Waals surface area (Å²) in [5, 5.41) is 8.47. The highest BCUT2D eigenvalue weighted by atomic mass is 32.2. The van der Waals surface area contributed by atoms with Crippen LogP contribution in [0.2, 0.25) is 0 Å². The summed E-state index contributed by atoms with van der Waals surface area (Å²) in [4.78, 5) is 0. The molecule has 0 spiro atoms. The van der Waals surface area contributed by atoms with Gasteiger partial charge in [0.05, 0.1) is 6.61 Å². The fraction of sp³-hybridized carbons (Fsp3) is 1.00. The first-order valence-corrected chi connectivity index (χ1v) is 4.90. The number of hydrogen-bond acceptors (Lipinski definition) is 2. The Labute approximate surface area is 68.2 Å². The van der Waals surface area contributed by atoms with Gasteiger partial charge in [0.25, 0.3) is 0 Å². The molecule has 0 bridgehead atoms. The lowest BCUT2D eigenvalue weighted by Crippen LogP contribution is -2.06. The van der Waals surface area contributed by atoms with E-state index in [0.29, 0.717) is 12.0 Å². The molecule has 1 N–H and O–H groups in total. The highest BCUT2D eigenvalue weighted by molar-refractivity contribution is 7.99. The van der Waals surface area contributed by atoms with Gasteiger partial charge in [-0.2, -0.15) is 11.8 Å². The van der Waals surface area contributed by atoms with Gasteiger partial charge in [-0.1, -0.05) is 20.8 Å². The predicted molar refractivity (Wildman–Crippen MR) is 48.5 cm³/mol. The second-order valence-electron chi connectivity index (χ2n) is 3.65. The minimum atomic E-state index is 0.314. The molecule has 0 aliphatic rings. The van der Waals surface area contributed by atoms with Crippen molar-refractivity contribution in [1.29, 1.82) is 0 Å². The molecule has 0 rings (SSSR count). The maximum Gasteiger partial charge on any atom is 0.0521 e. The van der Waals surface area contributed by atoms with Crippen LogP contribution in [0.3, 0.4) is 0 Å². The summed E-state index contributed by atoms with van der Waals surface area (Å²) in [5.41, 5.74) is 0.447. The summed E-state index contributed by atoms with van der Waals surface area (Å²) >= 11 is 1.83. The summed E-state index contributed by atoms with van der Waals surface area (Å²) in [6.45, 7) is 7.04. The van der Waals surface area contributed by atoms with Crippen LogP contribution in [0.4, 0.5) is 0 Å². The Balaban J connectivity index is 3.04. The molecule has 0 aromatic rings. The zero-order chi connectivity index (χ0) is 8.04. The predicted octanol–water partition coefficient (Wildman–Crippen LogP) is 2.15. The Hall–Kier alpha value is 0.310. The topological polar surface area (TPSA) is 20.2 Å². The molecule has 0 fully saturated rings. The van der Waals surface area contributed by atoms with Crippen LogP contribution in [0.15, 0.2) is 0 Å². The van der Waals surface area contributed by atoms with Gasteiger partial charge in [-0.3, -0.25) is 0 Å². The average Bonchev–Trinajstić information content (AvgIpc) is 1.78. The first kappa shape index (κ1) is 10.3. The lowest BCUT2D eigenvalue weighted by atomic mass is 9.94. The minimum Gasteiger partial charge on any atom is -0.396 e. The summed E-state index contributed by atoms with van der Waals surface area (Å²) in [7, 11) is 0. The molecule has 0 amide bonds. The molecular formula is C8H18OS. The SMILES string of the molecule is CC(C)(C)CCSCCO. The van der Waals surface area contributed by atoms with Gasteiger partial charge in [-0.05, 0) is 17.6 Å². The Bertz CT molecular complexity index is 75.8. The van der Waals surface area contributed by atoms with Crippen molar-refractivity contribution in [2.45, 2.75) is 27.2 Å². The van der Waals surface area contributed by atoms with Crippen LogP contribution in [-0.4, -0.2) is 23.2 Å². The van der Waals surface area contributed by atoms with Crippen LogP contribution in [0, 0.1) is 5.41 Å². The number of hydrogen-bond donors (Lipinski definition) is 1. The zero-order valence-electron chi connectivity index (χ0n) is 7.18. The monoisotopic (exact) mass is 162 g/mol. The van der Waals surface area contributed by atoms with Crippen molar-refractivity contribution in [3.05, 3.63) is 0 Å². The van der Waals surface area contributed by atoms with Crippen LogP contribution < -0.4 is 0 Å². The molecule has 0 heterocycles. The normalized spacial score (nSPS) is 12.0. The lowest BCUT2D eigenvalue weighted by molar-refractivity contribution is 0.322. The highest BCUT2D eigenvalue weighted by Gasteiger charge is 2.08. The molecular weight excluding hydrogens is 144 g/mol. The first-order valence-electron chi connectivity index (χ1n) is 3.75. The maximum absolute atomic E-state index is 8.47. The molecule has 0 aliphatic carbocycles. The van der Waals surface area contributed by atoms with Crippen molar-refractivity contribution in [2.24, 2.45) is 5.41 Å². The van der Waals surface area contributed by atoms with E-state index in [0.717, 1.165) is 5.75 Å². The van der Waals surface area contributed by atoms with Crippen molar-refractivity contribution in [2.75, 3.05) is 18.1 Å². The van der Waals surface area contributed by atoms with Crippen LogP contribution in [0.1, 0.15) is 27.2 Å². The summed E-state index contributed by atoms with van der Waals surface area (Å²) < 4.78 is 0. The number of aliphatic hydroxyl groups excluding tert-OH is 1. The Kier molecular flexibility index (Phi) is 5.18. The number of rotatable bonds is 4. The Morgan fingerprint density at radius 3 is 2.20 bits per heavy atom. The Morgan fingerprint density at radius 2 is 1.80 bits per heavy atom. The molecule has 0 atom stereocenters. The molecule has 0 saturated carbocycles. The minimum absolute atomic E-state index is 0.314. The van der Waals surface area contributed by atoms with Gasteiger partial charge in [0.15, 0.2) is 0 Å². The maximum atomic E-state index is 8.47. The molecule has 0 saturated heterocycles. The molecule has 10 heavy (non-hydrogen) atoms. The van der Waals surface area contributed by atoms with Crippen LogP contribution in [-0.2, 0) is 0 Å². The zero-order valence-corrected chi connectivity index (χ0v) is 8.00. The van der Waals surface area contributed by atoms with Gasteiger partial charge in [-0.25, -0.2) is 0 Å². The van der Waals surface area contributed by atoms with E-state index in [1.807, 2.05) is 11.8 Å². The summed E-state index contributed by atoms with van der Waals surface area (Å²) in [6.07, 6.45) is 1.23. The second-order valence-corrected chi connectivity index (χ2v) is 4.87. The second kappa shape index (κ2) is 5.03. The molecule has 0 aromatic carbocycles. The van der Waals surface area contributed by atoms with Crippen LogP contribution in [0.25, 0.3) is 0 Å². The quantitative estimate of drug-likeness (QED) is 0.639. The van der Waals surface area contributed by atoms with Crippen molar-refractivity contribution < 1.29 is 5.11 Å².